The molecule has 1 aliphatic rings. The predicted molar refractivity (Wildman–Crippen MR) is 84.4 cm³/mol. The number of anilines is 1. The number of carbonyl (C=O) groups excluding carboxylic acids is 1. The van der Waals surface area contributed by atoms with Crippen molar-refractivity contribution < 1.29 is 4.79 Å². The molecule has 4 heteroatoms. The van der Waals surface area contributed by atoms with Gasteiger partial charge < -0.3 is 9.80 Å². The van der Waals surface area contributed by atoms with Gasteiger partial charge in [0.2, 0.25) is 5.91 Å². The van der Waals surface area contributed by atoms with Gasteiger partial charge in [0.1, 0.15) is 0 Å². The minimum atomic E-state index is -0.135. The van der Waals surface area contributed by atoms with Gasteiger partial charge in [-0.05, 0) is 44.5 Å². The summed E-state index contributed by atoms with van der Waals surface area (Å²) in [5.74, 6) is 0.272. The lowest BCUT2D eigenvalue weighted by Crippen LogP contribution is -2.61. The molecule has 0 aliphatic carbocycles. The van der Waals surface area contributed by atoms with Gasteiger partial charge in [-0.15, -0.1) is 0 Å². The Kier molecular flexibility index (Phi) is 4.59. The van der Waals surface area contributed by atoms with Crippen molar-refractivity contribution in [1.82, 2.24) is 4.90 Å². The molecule has 0 spiro atoms. The maximum Gasteiger partial charge on any atom is 0.223 e. The van der Waals surface area contributed by atoms with Crippen molar-refractivity contribution in [3.63, 3.8) is 0 Å². The number of hydrogen-bond acceptors (Lipinski definition) is 2. The Hall–Kier alpha value is -1.22. The molecule has 1 aliphatic heterocycles. The molecule has 1 saturated heterocycles. The summed E-state index contributed by atoms with van der Waals surface area (Å²) in [6, 6.07) is 7.92. The van der Waals surface area contributed by atoms with Crippen molar-refractivity contribution >= 4 is 23.2 Å². The van der Waals surface area contributed by atoms with E-state index in [0.29, 0.717) is 6.42 Å². The summed E-state index contributed by atoms with van der Waals surface area (Å²) in [5.41, 5.74) is 1.04. The van der Waals surface area contributed by atoms with Crippen LogP contribution in [0.3, 0.4) is 0 Å². The Balaban J connectivity index is 2.10. The molecule has 1 amide bonds. The van der Waals surface area contributed by atoms with Crippen LogP contribution in [0.5, 0.6) is 0 Å². The van der Waals surface area contributed by atoms with Crippen LogP contribution >= 0.6 is 11.6 Å². The predicted octanol–water partition coefficient (Wildman–Crippen LogP) is 3.57. The molecule has 0 radical (unpaired) electrons. The maximum atomic E-state index is 12.2. The van der Waals surface area contributed by atoms with E-state index in [2.05, 4.69) is 25.7 Å². The van der Waals surface area contributed by atoms with Gasteiger partial charge in [0.05, 0.1) is 5.54 Å². The molecule has 0 bridgehead atoms. The van der Waals surface area contributed by atoms with E-state index in [1.165, 1.54) is 5.69 Å². The second kappa shape index (κ2) is 6.04. The largest absolute Gasteiger partial charge is 0.367 e. The van der Waals surface area contributed by atoms with E-state index in [9.17, 15) is 4.79 Å². The first-order valence-corrected chi connectivity index (χ1v) is 7.63. The van der Waals surface area contributed by atoms with Crippen molar-refractivity contribution in [2.75, 3.05) is 24.5 Å². The number of halogens is 1. The van der Waals surface area contributed by atoms with E-state index in [-0.39, 0.29) is 11.4 Å². The number of rotatable bonds is 3. The molecule has 110 valence electrons. The summed E-state index contributed by atoms with van der Waals surface area (Å²) >= 11 is 5.93. The zero-order chi connectivity index (χ0) is 14.8. The number of hydrogen-bond donors (Lipinski definition) is 0. The smallest absolute Gasteiger partial charge is 0.223 e. The molecular formula is C16H23ClN2O. The van der Waals surface area contributed by atoms with Crippen LogP contribution in [0.25, 0.3) is 0 Å². The standard InChI is InChI=1S/C16H23ClN2O/c1-4-5-15(20)19-11-10-18(12-16(19,2)3)14-8-6-13(17)7-9-14/h6-9H,4-5,10-12H2,1-3H3. The highest BCUT2D eigenvalue weighted by Gasteiger charge is 2.36. The van der Waals surface area contributed by atoms with Gasteiger partial charge >= 0.3 is 0 Å². The van der Waals surface area contributed by atoms with Crippen LogP contribution in [0, 0.1) is 0 Å². The molecule has 0 aromatic heterocycles. The fourth-order valence-electron chi connectivity index (χ4n) is 2.84. The SMILES string of the molecule is CCCC(=O)N1CCN(c2ccc(Cl)cc2)CC1(C)C. The topological polar surface area (TPSA) is 23.6 Å². The molecule has 0 saturated carbocycles. The van der Waals surface area contributed by atoms with Crippen LogP contribution < -0.4 is 4.90 Å². The zero-order valence-electron chi connectivity index (χ0n) is 12.5. The second-order valence-corrected chi connectivity index (χ2v) is 6.44. The first-order valence-electron chi connectivity index (χ1n) is 7.25. The van der Waals surface area contributed by atoms with Gasteiger partial charge in [0.25, 0.3) is 0 Å². The Morgan fingerprint density at radius 3 is 2.45 bits per heavy atom. The van der Waals surface area contributed by atoms with E-state index >= 15 is 0 Å². The van der Waals surface area contributed by atoms with Crippen molar-refractivity contribution in [3.05, 3.63) is 29.3 Å². The Bertz CT molecular complexity index is 470. The van der Waals surface area contributed by atoms with E-state index < -0.39 is 0 Å². The first-order chi connectivity index (χ1) is 9.44. The van der Waals surface area contributed by atoms with Gasteiger partial charge in [-0.2, -0.15) is 0 Å². The minimum Gasteiger partial charge on any atom is -0.367 e. The molecule has 20 heavy (non-hydrogen) atoms. The van der Waals surface area contributed by atoms with Crippen LogP contribution in [-0.4, -0.2) is 36.0 Å². The highest BCUT2D eigenvalue weighted by atomic mass is 35.5. The van der Waals surface area contributed by atoms with Gasteiger partial charge in [-0.3, -0.25) is 4.79 Å². The molecule has 2 rings (SSSR count). The lowest BCUT2D eigenvalue weighted by molar-refractivity contribution is -0.137. The van der Waals surface area contributed by atoms with E-state index in [1.54, 1.807) is 0 Å². The Labute approximate surface area is 126 Å². The quantitative estimate of drug-likeness (QED) is 0.851. The van der Waals surface area contributed by atoms with Gasteiger partial charge in [-0.1, -0.05) is 18.5 Å². The number of benzene rings is 1. The van der Waals surface area contributed by atoms with Crippen molar-refractivity contribution in [1.29, 1.82) is 0 Å². The molecule has 1 aromatic rings. The third-order valence-corrected chi connectivity index (χ3v) is 4.11. The van der Waals surface area contributed by atoms with E-state index in [4.69, 9.17) is 11.6 Å². The number of carbonyl (C=O) groups is 1. The molecule has 0 atom stereocenters. The minimum absolute atomic E-state index is 0.135. The molecule has 0 unspecified atom stereocenters. The van der Waals surface area contributed by atoms with Crippen LogP contribution in [0.15, 0.2) is 24.3 Å². The summed E-state index contributed by atoms with van der Waals surface area (Å²) in [6.07, 6.45) is 1.55. The van der Waals surface area contributed by atoms with Crippen molar-refractivity contribution in [3.8, 4) is 0 Å². The fourth-order valence-corrected chi connectivity index (χ4v) is 2.96. The van der Waals surface area contributed by atoms with Crippen LogP contribution in [-0.2, 0) is 4.79 Å². The summed E-state index contributed by atoms with van der Waals surface area (Å²) < 4.78 is 0. The fraction of sp³-hybridized carbons (Fsp3) is 0.562. The number of piperazine rings is 1. The summed E-state index contributed by atoms with van der Waals surface area (Å²) in [5, 5.41) is 0.754. The lowest BCUT2D eigenvalue weighted by atomic mass is 9.97. The third-order valence-electron chi connectivity index (χ3n) is 3.86. The van der Waals surface area contributed by atoms with Gasteiger partial charge in [-0.25, -0.2) is 0 Å². The highest BCUT2D eigenvalue weighted by molar-refractivity contribution is 6.30. The van der Waals surface area contributed by atoms with Crippen LogP contribution in [0.1, 0.15) is 33.6 Å². The third kappa shape index (κ3) is 3.26. The first kappa shape index (κ1) is 15.2. The normalized spacial score (nSPS) is 18.2. The van der Waals surface area contributed by atoms with Gasteiger partial charge in [0, 0.05) is 36.8 Å². The monoisotopic (exact) mass is 294 g/mol. The van der Waals surface area contributed by atoms with Crippen LogP contribution in [0.2, 0.25) is 5.02 Å². The average molecular weight is 295 g/mol. The van der Waals surface area contributed by atoms with Crippen molar-refractivity contribution in [2.24, 2.45) is 0 Å². The molecule has 3 nitrogen and oxygen atoms in total. The molecule has 0 N–H and O–H groups in total. The molecular weight excluding hydrogens is 272 g/mol. The Morgan fingerprint density at radius 1 is 1.25 bits per heavy atom. The lowest BCUT2D eigenvalue weighted by Gasteiger charge is -2.48. The van der Waals surface area contributed by atoms with Crippen LogP contribution in [0.4, 0.5) is 5.69 Å². The zero-order valence-corrected chi connectivity index (χ0v) is 13.3. The second-order valence-electron chi connectivity index (χ2n) is 6.01. The maximum absolute atomic E-state index is 12.2. The molecule has 1 aromatic carbocycles. The summed E-state index contributed by atoms with van der Waals surface area (Å²) in [6.45, 7) is 8.85. The average Bonchev–Trinajstić information content (AvgIpc) is 2.38. The Morgan fingerprint density at radius 2 is 1.90 bits per heavy atom. The van der Waals surface area contributed by atoms with Gasteiger partial charge in [0.15, 0.2) is 0 Å². The van der Waals surface area contributed by atoms with Crippen molar-refractivity contribution in [2.45, 2.75) is 39.2 Å². The molecule has 1 fully saturated rings. The number of amides is 1. The van der Waals surface area contributed by atoms with E-state index in [1.807, 2.05) is 29.2 Å². The number of nitrogens with zero attached hydrogens (tertiary/aromatic N) is 2. The summed E-state index contributed by atoms with van der Waals surface area (Å²) in [7, 11) is 0. The molecule has 1 heterocycles. The highest BCUT2D eigenvalue weighted by Crippen LogP contribution is 2.27. The van der Waals surface area contributed by atoms with E-state index in [0.717, 1.165) is 31.1 Å². The summed E-state index contributed by atoms with van der Waals surface area (Å²) in [4.78, 5) is 16.5.